The molecule has 4 N–H and O–H groups in total. The molecule has 434 valence electrons. The van der Waals surface area contributed by atoms with E-state index in [4.69, 9.17) is 19.2 Å². The first kappa shape index (κ1) is 59.7. The number of amides is 6. The number of ketones is 1. The van der Waals surface area contributed by atoms with Crippen molar-refractivity contribution in [1.29, 1.82) is 0 Å². The zero-order valence-electron chi connectivity index (χ0n) is 47.3. The Morgan fingerprint density at radius 3 is 2.40 bits per heavy atom. The summed E-state index contributed by atoms with van der Waals surface area (Å²) in [6.07, 6.45) is 3.84. The molecule has 0 radical (unpaired) electrons. The number of aryl methyl sites for hydroxylation is 1. The molecule has 81 heavy (non-hydrogen) atoms. The number of likely N-dealkylation sites (tertiary alicyclic amines) is 1. The lowest BCUT2D eigenvalue weighted by Gasteiger charge is -2.40. The van der Waals surface area contributed by atoms with Gasteiger partial charge in [0.25, 0.3) is 0 Å². The summed E-state index contributed by atoms with van der Waals surface area (Å²) in [5.41, 5.74) is 3.77. The fourth-order valence-electron chi connectivity index (χ4n) is 11.3. The first-order valence-corrected chi connectivity index (χ1v) is 27.8. The largest absolute Gasteiger partial charge is 0.444 e. The minimum atomic E-state index is -1.86. The topological polar surface area (TPSA) is 263 Å². The van der Waals surface area contributed by atoms with E-state index in [-0.39, 0.29) is 98.4 Å². The van der Waals surface area contributed by atoms with Gasteiger partial charge >= 0.3 is 18.0 Å². The minimum absolute atomic E-state index is 0.00240. The van der Waals surface area contributed by atoms with Gasteiger partial charge in [-0.25, -0.2) is 23.8 Å². The highest BCUT2D eigenvalue weighted by Gasteiger charge is 2.53. The van der Waals surface area contributed by atoms with Crippen molar-refractivity contribution in [2.45, 2.75) is 130 Å². The van der Waals surface area contributed by atoms with Gasteiger partial charge in [0.1, 0.15) is 25.8 Å². The van der Waals surface area contributed by atoms with E-state index in [0.29, 0.717) is 78.9 Å². The quantitative estimate of drug-likeness (QED) is 0.0292. The van der Waals surface area contributed by atoms with Crippen molar-refractivity contribution in [1.82, 2.24) is 35.2 Å². The third kappa shape index (κ3) is 12.7. The van der Waals surface area contributed by atoms with Gasteiger partial charge in [-0.05, 0) is 99.5 Å². The van der Waals surface area contributed by atoms with Gasteiger partial charge in [0, 0.05) is 85.6 Å². The zero-order valence-corrected chi connectivity index (χ0v) is 47.3. The number of Topliss-reactive ketones (excluding diaryl/α,β-unsaturated/α-hetero) is 1. The smallest absolute Gasteiger partial charge is 0.411 e. The lowest BCUT2D eigenvalue weighted by atomic mass is 9.81. The molecule has 1 fully saturated rings. The fourth-order valence-corrected chi connectivity index (χ4v) is 11.3. The lowest BCUT2D eigenvalue weighted by Crippen LogP contribution is -2.53. The second kappa shape index (κ2) is 25.2. The Balaban J connectivity index is 0.888. The molecule has 5 heterocycles. The highest BCUT2D eigenvalue weighted by molar-refractivity contribution is 6.08. The SMILES string of the molecule is CC[C@]1(OCN(CCN(C)C)C(=O)OCc2ccc(NC(=O)[C@H](C)CC(=O)[C@@H](NC(=O)CCCCCN3C(=O)CC(C)C3=O)C(C)C)cc2)C(=O)OC(=O)C2=C1C=C1c3nc4cc(F)c(C)c5c4c(c3CN1C2)[C@H](NC(=O)CO)CC5. The maximum Gasteiger partial charge on any atom is 0.411 e. The zero-order chi connectivity index (χ0) is 58.6. The molecule has 0 saturated carbocycles. The summed E-state index contributed by atoms with van der Waals surface area (Å²) in [5, 5.41) is 19.0. The summed E-state index contributed by atoms with van der Waals surface area (Å²) < 4.78 is 33.1. The van der Waals surface area contributed by atoms with Gasteiger partial charge in [-0.15, -0.1) is 0 Å². The van der Waals surface area contributed by atoms with E-state index in [1.165, 1.54) is 15.9 Å². The highest BCUT2D eigenvalue weighted by Crippen LogP contribution is 2.49. The lowest BCUT2D eigenvalue weighted by molar-refractivity contribution is -0.181. The minimum Gasteiger partial charge on any atom is -0.444 e. The molecular formula is C59H73FN8O13. The Morgan fingerprint density at radius 2 is 1.73 bits per heavy atom. The maximum absolute atomic E-state index is 15.5. The van der Waals surface area contributed by atoms with Gasteiger partial charge < -0.3 is 45.1 Å². The van der Waals surface area contributed by atoms with Crippen molar-refractivity contribution in [3.8, 4) is 0 Å². The van der Waals surface area contributed by atoms with Crippen molar-refractivity contribution in [3.63, 3.8) is 0 Å². The number of benzene rings is 2. The van der Waals surface area contributed by atoms with Crippen LogP contribution in [0.2, 0.25) is 0 Å². The number of imide groups is 1. The molecule has 1 unspecified atom stereocenters. The summed E-state index contributed by atoms with van der Waals surface area (Å²) in [6.45, 7) is 10.2. The maximum atomic E-state index is 15.5. The Morgan fingerprint density at radius 1 is 0.988 bits per heavy atom. The number of ether oxygens (including phenoxy) is 3. The van der Waals surface area contributed by atoms with Crippen LogP contribution in [0.5, 0.6) is 0 Å². The summed E-state index contributed by atoms with van der Waals surface area (Å²) in [4.78, 5) is 129. The predicted octanol–water partition coefficient (Wildman–Crippen LogP) is 5.28. The van der Waals surface area contributed by atoms with Crippen LogP contribution in [0.4, 0.5) is 14.9 Å². The highest BCUT2D eigenvalue weighted by atomic mass is 19.1. The normalized spacial score (nSPS) is 20.0. The van der Waals surface area contributed by atoms with E-state index >= 15 is 4.39 Å². The number of pyridine rings is 1. The number of nitrogens with zero attached hydrogens (tertiary/aromatic N) is 5. The fraction of sp³-hybridized carbons (Fsp3) is 0.525. The van der Waals surface area contributed by atoms with Crippen LogP contribution in [0.3, 0.4) is 0 Å². The predicted molar refractivity (Wildman–Crippen MR) is 293 cm³/mol. The molecule has 2 aromatic carbocycles. The molecular weight excluding hydrogens is 1050 g/mol. The van der Waals surface area contributed by atoms with E-state index < -0.39 is 72.6 Å². The van der Waals surface area contributed by atoms with Crippen LogP contribution in [0.1, 0.15) is 126 Å². The van der Waals surface area contributed by atoms with Crippen LogP contribution in [-0.2, 0) is 72.1 Å². The number of halogens is 1. The Bertz CT molecular complexity index is 3100. The number of esters is 2. The molecule has 6 amide bonds. The second-order valence-electron chi connectivity index (χ2n) is 22.4. The summed E-state index contributed by atoms with van der Waals surface area (Å²) in [7, 11) is 3.65. The van der Waals surface area contributed by atoms with Gasteiger partial charge in [0.2, 0.25) is 29.5 Å². The molecule has 0 bridgehead atoms. The van der Waals surface area contributed by atoms with Crippen molar-refractivity contribution in [3.05, 3.63) is 86.9 Å². The molecule has 5 aliphatic rings. The van der Waals surface area contributed by atoms with Crippen molar-refractivity contribution < 1.29 is 66.9 Å². The Kier molecular flexibility index (Phi) is 18.5. The van der Waals surface area contributed by atoms with Crippen molar-refractivity contribution in [2.24, 2.45) is 17.8 Å². The van der Waals surface area contributed by atoms with Gasteiger partial charge in [-0.2, -0.15) is 0 Å². The van der Waals surface area contributed by atoms with Crippen LogP contribution in [0.15, 0.2) is 47.6 Å². The number of aliphatic hydroxyl groups is 1. The number of likely N-dealkylation sites (N-methyl/N-ethyl adjacent to an activating group) is 1. The number of cyclic esters (lactones) is 2. The van der Waals surface area contributed by atoms with E-state index in [0.717, 1.165) is 22.1 Å². The number of rotatable bonds is 24. The number of fused-ring (bicyclic) bond motifs is 4. The average Bonchev–Trinajstić information content (AvgIpc) is 2.62. The van der Waals surface area contributed by atoms with Gasteiger partial charge in [-0.1, -0.05) is 53.2 Å². The van der Waals surface area contributed by atoms with E-state index in [1.807, 2.05) is 37.7 Å². The number of carbonyl (C=O) groups excluding carboxylic acids is 9. The van der Waals surface area contributed by atoms with Crippen LogP contribution in [-0.4, -0.2) is 148 Å². The summed E-state index contributed by atoms with van der Waals surface area (Å²) >= 11 is 0. The molecule has 3 aromatic rings. The number of aromatic nitrogens is 1. The first-order valence-electron chi connectivity index (χ1n) is 27.8. The number of nitrogens with one attached hydrogen (secondary N) is 3. The number of unbranched alkanes of at least 4 members (excludes halogenated alkanes) is 2. The monoisotopic (exact) mass is 1120 g/mol. The Hall–Kier alpha value is -7.43. The number of hydrogen-bond donors (Lipinski definition) is 4. The van der Waals surface area contributed by atoms with E-state index in [9.17, 15) is 48.3 Å². The molecule has 8 rings (SSSR count). The van der Waals surface area contributed by atoms with Crippen molar-refractivity contribution >= 4 is 75.6 Å². The summed E-state index contributed by atoms with van der Waals surface area (Å²) in [6, 6.07) is 6.65. The third-order valence-corrected chi connectivity index (χ3v) is 16.0. The second-order valence-corrected chi connectivity index (χ2v) is 22.4. The van der Waals surface area contributed by atoms with Crippen LogP contribution >= 0.6 is 0 Å². The number of anilines is 1. The molecule has 1 saturated heterocycles. The van der Waals surface area contributed by atoms with E-state index in [1.54, 1.807) is 58.0 Å². The molecule has 0 spiro atoms. The molecule has 5 atom stereocenters. The standard InChI is InChI=1S/C59H73FN8O13/c1-9-59(41-25-45-53-40(28-67(45)27-39(41)56(76)81-57(59)77)51-43(62-48(72)29-69)19-18-38-35(6)42(60)26-44(63-53)50(38)51)80-31-66(22-21-65(7)8)58(78)79-30-36-14-16-37(17-15-36)61-54(74)33(4)23-46(70)52(32(2)3)64-47(71)13-11-10-12-20-68-49(73)24-34(5)55(68)75/h14-17,25-26,32-34,43,52,69H,9-13,18-24,27-31H2,1-8H3,(H,61,74)(H,62,72)(H,64,71)/t33-,34?,43-,52+,59-/m1/s1. The summed E-state index contributed by atoms with van der Waals surface area (Å²) in [5.74, 6) is -5.39. The van der Waals surface area contributed by atoms with E-state index in [2.05, 4.69) is 16.0 Å². The van der Waals surface area contributed by atoms with Gasteiger partial charge in [0.15, 0.2) is 11.4 Å². The van der Waals surface area contributed by atoms with Crippen LogP contribution in [0.25, 0.3) is 16.6 Å². The van der Waals surface area contributed by atoms with Gasteiger partial charge in [-0.3, -0.25) is 38.6 Å². The average molecular weight is 1120 g/mol. The number of carbonyl (C=O) groups is 9. The first-order chi connectivity index (χ1) is 38.5. The van der Waals surface area contributed by atoms with Crippen LogP contribution in [0, 0.1) is 30.5 Å². The van der Waals surface area contributed by atoms with Crippen molar-refractivity contribution in [2.75, 3.05) is 58.9 Å². The Labute approximate surface area is 469 Å². The number of hydrogen-bond acceptors (Lipinski definition) is 16. The molecule has 22 heteroatoms. The van der Waals surface area contributed by atoms with Crippen LogP contribution < -0.4 is 16.0 Å². The number of aliphatic hydroxyl groups excluding tert-OH is 1. The molecule has 21 nitrogen and oxygen atoms in total. The molecule has 1 aliphatic carbocycles. The third-order valence-electron chi connectivity index (χ3n) is 16.0. The van der Waals surface area contributed by atoms with Gasteiger partial charge in [0.05, 0.1) is 41.1 Å². The molecule has 1 aromatic heterocycles. The molecule has 4 aliphatic heterocycles.